The maximum absolute atomic E-state index is 3.70. The van der Waals surface area contributed by atoms with Gasteiger partial charge in [-0.05, 0) is 43.2 Å². The maximum Gasteiger partial charge on any atom is -0.00178 e. The van der Waals surface area contributed by atoms with E-state index in [2.05, 4.69) is 33.0 Å². The third-order valence-electron chi connectivity index (χ3n) is 4.38. The lowest BCUT2D eigenvalue weighted by atomic mass is 9.85. The standard InChI is InChI=1S/C17H35N/c1-14(2)8-7-11-17(13-18-12-15(3)4)16-9-5-6-10-16/h14-18H,5-13H2,1-4H3. The Bertz CT molecular complexity index is 178. The molecule has 0 spiro atoms. The van der Waals surface area contributed by atoms with Gasteiger partial charge in [0.15, 0.2) is 0 Å². The van der Waals surface area contributed by atoms with E-state index in [1.807, 2.05) is 0 Å². The summed E-state index contributed by atoms with van der Waals surface area (Å²) in [6.07, 6.45) is 10.2. The summed E-state index contributed by atoms with van der Waals surface area (Å²) in [6, 6.07) is 0. The molecule has 0 aromatic carbocycles. The fraction of sp³-hybridized carbons (Fsp3) is 1.00. The summed E-state index contributed by atoms with van der Waals surface area (Å²) in [7, 11) is 0. The fourth-order valence-corrected chi connectivity index (χ4v) is 3.28. The third kappa shape index (κ3) is 6.78. The van der Waals surface area contributed by atoms with Crippen molar-refractivity contribution < 1.29 is 0 Å². The predicted octanol–water partition coefficient (Wildman–Crippen LogP) is 4.86. The fourth-order valence-electron chi connectivity index (χ4n) is 3.28. The SMILES string of the molecule is CC(C)CCCC(CNCC(C)C)C1CCCC1. The first-order chi connectivity index (χ1) is 8.59. The highest BCUT2D eigenvalue weighted by atomic mass is 14.9. The van der Waals surface area contributed by atoms with Gasteiger partial charge in [0.2, 0.25) is 0 Å². The molecule has 1 saturated carbocycles. The van der Waals surface area contributed by atoms with Crippen LogP contribution in [0.4, 0.5) is 0 Å². The van der Waals surface area contributed by atoms with Gasteiger partial charge < -0.3 is 5.32 Å². The lowest BCUT2D eigenvalue weighted by Crippen LogP contribution is -2.30. The Balaban J connectivity index is 2.27. The second-order valence-electron chi connectivity index (χ2n) is 7.18. The van der Waals surface area contributed by atoms with Crippen LogP contribution in [0, 0.1) is 23.7 Å². The molecule has 1 nitrogen and oxygen atoms in total. The van der Waals surface area contributed by atoms with Gasteiger partial charge in [0.25, 0.3) is 0 Å². The van der Waals surface area contributed by atoms with Gasteiger partial charge in [-0.15, -0.1) is 0 Å². The highest BCUT2D eigenvalue weighted by Crippen LogP contribution is 2.34. The van der Waals surface area contributed by atoms with Crippen LogP contribution < -0.4 is 5.32 Å². The first-order valence-electron chi connectivity index (χ1n) is 8.30. The quantitative estimate of drug-likeness (QED) is 0.618. The van der Waals surface area contributed by atoms with Crippen molar-refractivity contribution in [2.24, 2.45) is 23.7 Å². The number of hydrogen-bond acceptors (Lipinski definition) is 1. The van der Waals surface area contributed by atoms with Gasteiger partial charge in [-0.2, -0.15) is 0 Å². The Morgan fingerprint density at radius 2 is 1.56 bits per heavy atom. The number of nitrogens with one attached hydrogen (secondary N) is 1. The van der Waals surface area contributed by atoms with Crippen molar-refractivity contribution in [3.8, 4) is 0 Å². The van der Waals surface area contributed by atoms with Crippen LogP contribution in [0.2, 0.25) is 0 Å². The highest BCUT2D eigenvalue weighted by molar-refractivity contribution is 4.77. The molecule has 0 radical (unpaired) electrons. The molecule has 0 aromatic heterocycles. The molecule has 1 aliphatic rings. The Morgan fingerprint density at radius 3 is 2.11 bits per heavy atom. The average molecular weight is 253 g/mol. The summed E-state index contributed by atoms with van der Waals surface area (Å²) >= 11 is 0. The van der Waals surface area contributed by atoms with Gasteiger partial charge in [-0.1, -0.05) is 66.2 Å². The smallest absolute Gasteiger partial charge is 0.00178 e. The Morgan fingerprint density at radius 1 is 0.889 bits per heavy atom. The van der Waals surface area contributed by atoms with Crippen molar-refractivity contribution in [2.75, 3.05) is 13.1 Å². The zero-order valence-electron chi connectivity index (χ0n) is 13.2. The second kappa shape index (κ2) is 8.96. The molecule has 1 atom stereocenters. The lowest BCUT2D eigenvalue weighted by Gasteiger charge is -2.24. The van der Waals surface area contributed by atoms with Crippen molar-refractivity contribution in [1.29, 1.82) is 0 Å². The van der Waals surface area contributed by atoms with Crippen LogP contribution in [0.3, 0.4) is 0 Å². The average Bonchev–Trinajstić information content (AvgIpc) is 2.79. The molecule has 1 N–H and O–H groups in total. The van der Waals surface area contributed by atoms with E-state index in [0.717, 1.165) is 23.7 Å². The largest absolute Gasteiger partial charge is 0.316 e. The van der Waals surface area contributed by atoms with Crippen molar-refractivity contribution in [2.45, 2.75) is 72.6 Å². The first-order valence-corrected chi connectivity index (χ1v) is 8.30. The topological polar surface area (TPSA) is 12.0 Å². The Kier molecular flexibility index (Phi) is 7.97. The number of rotatable bonds is 9. The van der Waals surface area contributed by atoms with Gasteiger partial charge in [-0.3, -0.25) is 0 Å². The molecule has 1 heteroatoms. The molecule has 1 unspecified atom stereocenters. The van der Waals surface area contributed by atoms with E-state index in [4.69, 9.17) is 0 Å². The zero-order valence-corrected chi connectivity index (χ0v) is 13.2. The van der Waals surface area contributed by atoms with E-state index in [1.165, 1.54) is 58.0 Å². The van der Waals surface area contributed by atoms with Crippen molar-refractivity contribution in [1.82, 2.24) is 5.32 Å². The van der Waals surface area contributed by atoms with Crippen LogP contribution in [0.5, 0.6) is 0 Å². The maximum atomic E-state index is 3.70. The van der Waals surface area contributed by atoms with Crippen molar-refractivity contribution >= 4 is 0 Å². The molecule has 0 amide bonds. The van der Waals surface area contributed by atoms with E-state index >= 15 is 0 Å². The molecule has 0 saturated heterocycles. The molecular weight excluding hydrogens is 218 g/mol. The zero-order chi connectivity index (χ0) is 13.4. The molecule has 1 aliphatic carbocycles. The van der Waals surface area contributed by atoms with Gasteiger partial charge in [0, 0.05) is 0 Å². The summed E-state index contributed by atoms with van der Waals surface area (Å²) in [6.45, 7) is 11.8. The minimum Gasteiger partial charge on any atom is -0.316 e. The normalized spacial score (nSPS) is 19.0. The highest BCUT2D eigenvalue weighted by Gasteiger charge is 2.24. The summed E-state index contributed by atoms with van der Waals surface area (Å²) in [4.78, 5) is 0. The second-order valence-corrected chi connectivity index (χ2v) is 7.18. The minimum atomic E-state index is 0.782. The first kappa shape index (κ1) is 16.0. The molecular formula is C17H35N. The molecule has 0 bridgehead atoms. The van der Waals surface area contributed by atoms with E-state index < -0.39 is 0 Å². The minimum absolute atomic E-state index is 0.782. The van der Waals surface area contributed by atoms with E-state index in [-0.39, 0.29) is 0 Å². The molecule has 0 aromatic rings. The Labute approximate surface area is 115 Å². The van der Waals surface area contributed by atoms with Crippen LogP contribution in [0.15, 0.2) is 0 Å². The van der Waals surface area contributed by atoms with Crippen LogP contribution in [-0.4, -0.2) is 13.1 Å². The Hall–Kier alpha value is -0.0400. The van der Waals surface area contributed by atoms with Crippen molar-refractivity contribution in [3.63, 3.8) is 0 Å². The lowest BCUT2D eigenvalue weighted by molar-refractivity contribution is 0.287. The molecule has 0 heterocycles. The summed E-state index contributed by atoms with van der Waals surface area (Å²) < 4.78 is 0. The van der Waals surface area contributed by atoms with Gasteiger partial charge in [-0.25, -0.2) is 0 Å². The van der Waals surface area contributed by atoms with Gasteiger partial charge in [0.1, 0.15) is 0 Å². The molecule has 1 fully saturated rings. The van der Waals surface area contributed by atoms with Crippen molar-refractivity contribution in [3.05, 3.63) is 0 Å². The van der Waals surface area contributed by atoms with Crippen LogP contribution in [0.25, 0.3) is 0 Å². The van der Waals surface area contributed by atoms with Crippen LogP contribution in [0.1, 0.15) is 72.6 Å². The summed E-state index contributed by atoms with van der Waals surface area (Å²) in [5, 5.41) is 3.70. The van der Waals surface area contributed by atoms with Crippen LogP contribution in [-0.2, 0) is 0 Å². The van der Waals surface area contributed by atoms with E-state index in [9.17, 15) is 0 Å². The molecule has 0 aliphatic heterocycles. The molecule has 18 heavy (non-hydrogen) atoms. The summed E-state index contributed by atoms with van der Waals surface area (Å²) in [5.41, 5.74) is 0. The van der Waals surface area contributed by atoms with Crippen LogP contribution >= 0.6 is 0 Å². The van der Waals surface area contributed by atoms with Gasteiger partial charge in [0.05, 0.1) is 0 Å². The monoisotopic (exact) mass is 253 g/mol. The predicted molar refractivity (Wildman–Crippen MR) is 81.8 cm³/mol. The van der Waals surface area contributed by atoms with E-state index in [1.54, 1.807) is 0 Å². The van der Waals surface area contributed by atoms with E-state index in [0.29, 0.717) is 0 Å². The summed E-state index contributed by atoms with van der Waals surface area (Å²) in [5.74, 6) is 3.63. The van der Waals surface area contributed by atoms with Gasteiger partial charge >= 0.3 is 0 Å². The number of hydrogen-bond donors (Lipinski definition) is 1. The molecule has 1 rings (SSSR count). The third-order valence-corrected chi connectivity index (χ3v) is 4.38. The molecule has 108 valence electrons.